The van der Waals surface area contributed by atoms with Gasteiger partial charge in [-0.25, -0.2) is 4.39 Å². The number of hydrogen-bond acceptors (Lipinski definition) is 3. The minimum atomic E-state index is -0.368. The summed E-state index contributed by atoms with van der Waals surface area (Å²) in [5.41, 5.74) is 3.12. The van der Waals surface area contributed by atoms with E-state index in [0.717, 1.165) is 4.90 Å². The molecule has 0 heterocycles. The van der Waals surface area contributed by atoms with Gasteiger partial charge >= 0.3 is 0 Å². The van der Waals surface area contributed by atoms with E-state index in [4.69, 9.17) is 29.0 Å². The molecule has 0 aliphatic rings. The number of benzene rings is 2. The van der Waals surface area contributed by atoms with Gasteiger partial charge in [-0.3, -0.25) is 11.3 Å². The molecular formula is C14H13Cl2FN2S. The Morgan fingerprint density at radius 2 is 1.90 bits per heavy atom. The van der Waals surface area contributed by atoms with Crippen LogP contribution in [-0.4, -0.2) is 5.75 Å². The van der Waals surface area contributed by atoms with Gasteiger partial charge in [-0.05, 0) is 30.3 Å². The summed E-state index contributed by atoms with van der Waals surface area (Å²) in [6.45, 7) is 0. The number of halogens is 3. The maximum Gasteiger partial charge on any atom is 0.129 e. The maximum atomic E-state index is 13.9. The second-order valence-corrected chi connectivity index (χ2v) is 6.12. The van der Waals surface area contributed by atoms with Crippen molar-refractivity contribution in [2.45, 2.75) is 10.9 Å². The summed E-state index contributed by atoms with van der Waals surface area (Å²) in [6, 6.07) is 11.7. The number of thioether (sulfide) groups is 1. The highest BCUT2D eigenvalue weighted by atomic mass is 35.5. The summed E-state index contributed by atoms with van der Waals surface area (Å²) in [5, 5.41) is 1.04. The van der Waals surface area contributed by atoms with Crippen molar-refractivity contribution in [3.63, 3.8) is 0 Å². The second-order valence-electron chi connectivity index (χ2n) is 4.15. The molecule has 0 saturated heterocycles. The van der Waals surface area contributed by atoms with Crippen molar-refractivity contribution in [2.75, 3.05) is 5.75 Å². The van der Waals surface area contributed by atoms with Crippen molar-refractivity contribution in [3.05, 3.63) is 63.9 Å². The highest BCUT2D eigenvalue weighted by molar-refractivity contribution is 7.99. The number of nitrogens with one attached hydrogen (secondary N) is 1. The molecule has 0 radical (unpaired) electrons. The predicted molar refractivity (Wildman–Crippen MR) is 83.7 cm³/mol. The van der Waals surface area contributed by atoms with Crippen molar-refractivity contribution in [2.24, 2.45) is 5.84 Å². The van der Waals surface area contributed by atoms with Gasteiger partial charge in [0, 0.05) is 26.3 Å². The Morgan fingerprint density at radius 3 is 2.55 bits per heavy atom. The lowest BCUT2D eigenvalue weighted by atomic mass is 10.1. The van der Waals surface area contributed by atoms with Gasteiger partial charge in [-0.1, -0.05) is 35.3 Å². The van der Waals surface area contributed by atoms with Gasteiger partial charge in [0.15, 0.2) is 0 Å². The van der Waals surface area contributed by atoms with Gasteiger partial charge < -0.3 is 0 Å². The molecule has 0 aliphatic heterocycles. The highest BCUT2D eigenvalue weighted by Crippen LogP contribution is 2.28. The lowest BCUT2D eigenvalue weighted by Gasteiger charge is -2.17. The minimum Gasteiger partial charge on any atom is -0.271 e. The third kappa shape index (κ3) is 4.11. The van der Waals surface area contributed by atoms with Crippen LogP contribution >= 0.6 is 35.0 Å². The summed E-state index contributed by atoms with van der Waals surface area (Å²) in [7, 11) is 0. The van der Waals surface area contributed by atoms with Crippen LogP contribution in [0.1, 0.15) is 11.6 Å². The van der Waals surface area contributed by atoms with Crippen molar-refractivity contribution >= 4 is 35.0 Å². The molecular weight excluding hydrogens is 318 g/mol. The van der Waals surface area contributed by atoms with E-state index in [1.807, 2.05) is 24.3 Å². The van der Waals surface area contributed by atoms with E-state index in [0.29, 0.717) is 21.4 Å². The fourth-order valence-electron chi connectivity index (χ4n) is 1.75. The number of hydrazine groups is 1. The predicted octanol–water partition coefficient (Wildman–Crippen LogP) is 4.43. The molecule has 106 valence electrons. The Labute approximate surface area is 131 Å². The molecule has 2 rings (SSSR count). The molecule has 1 unspecified atom stereocenters. The van der Waals surface area contributed by atoms with Crippen LogP contribution in [0.15, 0.2) is 47.4 Å². The Kier molecular flexibility index (Phi) is 5.69. The zero-order chi connectivity index (χ0) is 14.5. The third-order valence-corrected chi connectivity index (χ3v) is 4.31. The van der Waals surface area contributed by atoms with Crippen molar-refractivity contribution in [1.82, 2.24) is 5.43 Å². The summed E-state index contributed by atoms with van der Waals surface area (Å²) in [5.74, 6) is 5.73. The molecule has 0 aliphatic carbocycles. The number of hydrogen-bond donors (Lipinski definition) is 2. The van der Waals surface area contributed by atoms with Crippen LogP contribution in [0.5, 0.6) is 0 Å². The molecule has 0 fully saturated rings. The SMILES string of the molecule is NNC(CSc1cccc(Cl)c1)c1ccc(Cl)cc1F. The van der Waals surface area contributed by atoms with Crippen LogP contribution in [0.3, 0.4) is 0 Å². The van der Waals surface area contributed by atoms with Crippen molar-refractivity contribution < 1.29 is 4.39 Å². The van der Waals surface area contributed by atoms with Gasteiger partial charge in [-0.2, -0.15) is 0 Å². The fraction of sp³-hybridized carbons (Fsp3) is 0.143. The topological polar surface area (TPSA) is 38.0 Å². The molecule has 0 amide bonds. The molecule has 1 atom stereocenters. The van der Waals surface area contributed by atoms with E-state index in [-0.39, 0.29) is 11.9 Å². The van der Waals surface area contributed by atoms with Crippen LogP contribution < -0.4 is 11.3 Å². The van der Waals surface area contributed by atoms with Crippen molar-refractivity contribution in [1.29, 1.82) is 0 Å². The first kappa shape index (κ1) is 15.6. The van der Waals surface area contributed by atoms with E-state index in [1.165, 1.54) is 6.07 Å². The quantitative estimate of drug-likeness (QED) is 0.484. The Hall–Kier alpha value is -0.780. The lowest BCUT2D eigenvalue weighted by molar-refractivity contribution is 0.546. The fourth-order valence-corrected chi connectivity index (χ4v) is 3.18. The van der Waals surface area contributed by atoms with Crippen LogP contribution in [0.4, 0.5) is 4.39 Å². The van der Waals surface area contributed by atoms with E-state index < -0.39 is 0 Å². The van der Waals surface area contributed by atoms with Gasteiger partial charge in [0.25, 0.3) is 0 Å². The molecule has 20 heavy (non-hydrogen) atoms. The first-order chi connectivity index (χ1) is 9.60. The average Bonchev–Trinajstić information content (AvgIpc) is 2.41. The van der Waals surface area contributed by atoms with Gasteiger partial charge in [0.1, 0.15) is 5.82 Å². The van der Waals surface area contributed by atoms with Gasteiger partial charge in [-0.15, -0.1) is 11.8 Å². The molecule has 2 nitrogen and oxygen atoms in total. The highest BCUT2D eigenvalue weighted by Gasteiger charge is 2.15. The average molecular weight is 331 g/mol. The molecule has 0 saturated carbocycles. The molecule has 2 aromatic rings. The first-order valence-electron chi connectivity index (χ1n) is 5.89. The lowest BCUT2D eigenvalue weighted by Crippen LogP contribution is -2.30. The smallest absolute Gasteiger partial charge is 0.129 e. The minimum absolute atomic E-state index is 0.309. The molecule has 3 N–H and O–H groups in total. The van der Waals surface area contributed by atoms with Crippen molar-refractivity contribution in [3.8, 4) is 0 Å². The molecule has 0 bridgehead atoms. The molecule has 6 heteroatoms. The van der Waals surface area contributed by atoms with E-state index in [1.54, 1.807) is 23.9 Å². The Balaban J connectivity index is 2.09. The largest absolute Gasteiger partial charge is 0.271 e. The summed E-state index contributed by atoms with van der Waals surface area (Å²) < 4.78 is 13.9. The molecule has 2 aromatic carbocycles. The standard InChI is InChI=1S/C14H13Cl2FN2S/c15-9-2-1-3-11(6-9)20-8-14(19-18)12-5-4-10(16)7-13(12)17/h1-7,14,19H,8,18H2. The normalized spacial score (nSPS) is 12.4. The van der Waals surface area contributed by atoms with E-state index >= 15 is 0 Å². The van der Waals surface area contributed by atoms with Crippen LogP contribution in [0.2, 0.25) is 10.0 Å². The second kappa shape index (κ2) is 7.29. The monoisotopic (exact) mass is 330 g/mol. The Bertz CT molecular complexity index is 595. The summed E-state index contributed by atoms with van der Waals surface area (Å²) in [4.78, 5) is 1.01. The number of rotatable bonds is 5. The van der Waals surface area contributed by atoms with E-state index in [9.17, 15) is 4.39 Å². The van der Waals surface area contributed by atoms with Crippen LogP contribution in [0.25, 0.3) is 0 Å². The zero-order valence-corrected chi connectivity index (χ0v) is 12.8. The van der Waals surface area contributed by atoms with Gasteiger partial charge in [0.2, 0.25) is 0 Å². The summed E-state index contributed by atoms with van der Waals surface area (Å²) in [6.07, 6.45) is 0. The molecule has 0 aromatic heterocycles. The van der Waals surface area contributed by atoms with E-state index in [2.05, 4.69) is 5.43 Å². The molecule has 0 spiro atoms. The summed E-state index contributed by atoms with van der Waals surface area (Å²) >= 11 is 13.2. The van der Waals surface area contributed by atoms with Gasteiger partial charge in [0.05, 0.1) is 6.04 Å². The first-order valence-corrected chi connectivity index (χ1v) is 7.63. The third-order valence-electron chi connectivity index (χ3n) is 2.75. The Morgan fingerprint density at radius 1 is 1.15 bits per heavy atom. The number of nitrogens with two attached hydrogens (primary N) is 1. The van der Waals surface area contributed by atoms with Crippen LogP contribution in [-0.2, 0) is 0 Å². The maximum absolute atomic E-state index is 13.9. The zero-order valence-electron chi connectivity index (χ0n) is 10.4. The van der Waals surface area contributed by atoms with Crippen LogP contribution in [0, 0.1) is 5.82 Å².